The maximum absolute atomic E-state index is 13.2. The van der Waals surface area contributed by atoms with E-state index >= 15 is 0 Å². The molecule has 0 aliphatic carbocycles. The largest absolute Gasteiger partial charge is 0.361 e. The number of halogens is 1. The first kappa shape index (κ1) is 18.1. The van der Waals surface area contributed by atoms with Gasteiger partial charge in [0.25, 0.3) is 0 Å². The van der Waals surface area contributed by atoms with Crippen molar-refractivity contribution in [2.75, 3.05) is 6.54 Å². The number of benzene rings is 2. The summed E-state index contributed by atoms with van der Waals surface area (Å²) in [5, 5.41) is 9.04. The molecule has 0 fully saturated rings. The molecule has 126 valence electrons. The summed E-state index contributed by atoms with van der Waals surface area (Å²) in [7, 11) is 0. The van der Waals surface area contributed by atoms with Crippen LogP contribution < -0.4 is 5.73 Å². The van der Waals surface area contributed by atoms with Crippen molar-refractivity contribution < 1.29 is 9.13 Å². The highest BCUT2D eigenvalue weighted by atomic mass is 19.1. The number of hydrogen-bond donors (Lipinski definition) is 1. The molecule has 2 N–H and O–H groups in total. The highest BCUT2D eigenvalue weighted by molar-refractivity contribution is 5.47. The van der Waals surface area contributed by atoms with Gasteiger partial charge in [-0.15, -0.1) is 0 Å². The maximum atomic E-state index is 13.2. The Balaban J connectivity index is 0.00000100. The topological polar surface area (TPSA) is 59.0 Å². The SMILES string of the molecule is CC.N#Cc1ccc2c(c1)COC2(CCCN)c1ccc(F)cc1. The van der Waals surface area contributed by atoms with Crippen molar-refractivity contribution >= 4 is 0 Å². The third-order valence-electron chi connectivity index (χ3n) is 4.19. The van der Waals surface area contributed by atoms with Gasteiger partial charge in [0.2, 0.25) is 0 Å². The smallest absolute Gasteiger partial charge is 0.123 e. The van der Waals surface area contributed by atoms with Crippen LogP contribution in [0.1, 0.15) is 48.9 Å². The van der Waals surface area contributed by atoms with Crippen molar-refractivity contribution in [3.8, 4) is 6.07 Å². The van der Waals surface area contributed by atoms with Crippen LogP contribution in [0.5, 0.6) is 0 Å². The van der Waals surface area contributed by atoms with Crippen LogP contribution in [0.4, 0.5) is 4.39 Å². The van der Waals surface area contributed by atoms with Gasteiger partial charge in [-0.2, -0.15) is 5.26 Å². The van der Waals surface area contributed by atoms with E-state index in [1.54, 1.807) is 18.2 Å². The summed E-state index contributed by atoms with van der Waals surface area (Å²) in [6.45, 7) is 5.02. The van der Waals surface area contributed by atoms with E-state index in [1.807, 2.05) is 26.0 Å². The van der Waals surface area contributed by atoms with Crippen molar-refractivity contribution in [3.63, 3.8) is 0 Å². The Morgan fingerprint density at radius 3 is 2.54 bits per heavy atom. The van der Waals surface area contributed by atoms with Crippen molar-refractivity contribution in [2.45, 2.75) is 38.9 Å². The van der Waals surface area contributed by atoms with Gasteiger partial charge in [-0.25, -0.2) is 4.39 Å². The predicted molar refractivity (Wildman–Crippen MR) is 92.8 cm³/mol. The summed E-state index contributed by atoms with van der Waals surface area (Å²) in [6, 6.07) is 14.2. The minimum absolute atomic E-state index is 0.268. The third-order valence-corrected chi connectivity index (χ3v) is 4.19. The predicted octanol–water partition coefficient (Wildman–Crippen LogP) is 4.24. The summed E-state index contributed by atoms with van der Waals surface area (Å²) in [5.41, 5.74) is 8.68. The molecule has 1 atom stereocenters. The quantitative estimate of drug-likeness (QED) is 0.914. The van der Waals surface area contributed by atoms with E-state index in [0.29, 0.717) is 18.7 Å². The average molecular weight is 326 g/mol. The van der Waals surface area contributed by atoms with Crippen molar-refractivity contribution in [2.24, 2.45) is 5.73 Å². The molecule has 0 radical (unpaired) electrons. The molecule has 1 unspecified atom stereocenters. The second-order valence-electron chi connectivity index (χ2n) is 5.50. The molecular weight excluding hydrogens is 303 g/mol. The number of nitriles is 1. The van der Waals surface area contributed by atoms with Gasteiger partial charge in [0, 0.05) is 0 Å². The van der Waals surface area contributed by atoms with Gasteiger partial charge in [-0.1, -0.05) is 32.0 Å². The lowest BCUT2D eigenvalue weighted by Gasteiger charge is -2.30. The lowest BCUT2D eigenvalue weighted by atomic mass is 9.81. The first-order valence-corrected chi connectivity index (χ1v) is 8.33. The van der Waals surface area contributed by atoms with Crippen molar-refractivity contribution in [1.29, 1.82) is 5.26 Å². The third kappa shape index (κ3) is 3.33. The Kier molecular flexibility index (Phi) is 6.08. The van der Waals surface area contributed by atoms with Gasteiger partial charge >= 0.3 is 0 Å². The monoisotopic (exact) mass is 326 g/mol. The number of nitrogens with zero attached hydrogens (tertiary/aromatic N) is 1. The fourth-order valence-electron chi connectivity index (χ4n) is 3.12. The summed E-state index contributed by atoms with van der Waals surface area (Å²) < 4.78 is 19.4. The second kappa shape index (κ2) is 8.05. The van der Waals surface area contributed by atoms with Crippen LogP contribution in [-0.2, 0) is 16.9 Å². The summed E-state index contributed by atoms with van der Waals surface area (Å²) in [6.07, 6.45) is 1.53. The van der Waals surface area contributed by atoms with Gasteiger partial charge in [0.05, 0.1) is 18.2 Å². The van der Waals surface area contributed by atoms with Crippen LogP contribution in [0.25, 0.3) is 0 Å². The number of fused-ring (bicyclic) bond motifs is 1. The summed E-state index contributed by atoms with van der Waals surface area (Å²) in [5.74, 6) is -0.268. The van der Waals surface area contributed by atoms with Gasteiger partial charge in [0.1, 0.15) is 11.4 Å². The Hall–Kier alpha value is -2.22. The molecule has 0 saturated carbocycles. The van der Waals surface area contributed by atoms with Gasteiger partial charge in [0.15, 0.2) is 0 Å². The lowest BCUT2D eigenvalue weighted by molar-refractivity contribution is -0.0126. The van der Waals surface area contributed by atoms with Crippen LogP contribution >= 0.6 is 0 Å². The van der Waals surface area contributed by atoms with Gasteiger partial charge < -0.3 is 10.5 Å². The molecule has 1 aliphatic heterocycles. The second-order valence-corrected chi connectivity index (χ2v) is 5.50. The number of hydrogen-bond acceptors (Lipinski definition) is 3. The van der Waals surface area contributed by atoms with Crippen LogP contribution in [0.2, 0.25) is 0 Å². The van der Waals surface area contributed by atoms with Crippen LogP contribution in [0.15, 0.2) is 42.5 Å². The molecule has 1 aliphatic rings. The molecule has 1 heterocycles. The molecule has 3 nitrogen and oxygen atoms in total. The zero-order valence-corrected chi connectivity index (χ0v) is 14.2. The van der Waals surface area contributed by atoms with E-state index in [2.05, 4.69) is 6.07 Å². The normalized spacial score (nSPS) is 18.3. The standard InChI is InChI=1S/C18H17FN2O.C2H6/c19-16-5-3-15(4-6-16)18(8-1-9-20)17-7-2-13(11-21)10-14(17)12-22-18;1-2/h2-7,10H,1,8-9,12,20H2;1-2H3. The Morgan fingerprint density at radius 2 is 1.92 bits per heavy atom. The van der Waals surface area contributed by atoms with Crippen LogP contribution in [0.3, 0.4) is 0 Å². The number of ether oxygens (including phenoxy) is 1. The molecule has 0 saturated heterocycles. The number of rotatable bonds is 4. The molecule has 3 rings (SSSR count). The van der Waals surface area contributed by atoms with E-state index < -0.39 is 5.60 Å². The molecule has 0 aromatic heterocycles. The molecule has 2 aromatic rings. The summed E-state index contributed by atoms with van der Waals surface area (Å²) in [4.78, 5) is 0. The lowest BCUT2D eigenvalue weighted by Crippen LogP contribution is -2.28. The fourth-order valence-corrected chi connectivity index (χ4v) is 3.12. The zero-order valence-electron chi connectivity index (χ0n) is 14.2. The van der Waals surface area contributed by atoms with E-state index in [1.165, 1.54) is 12.1 Å². The van der Waals surface area contributed by atoms with Gasteiger partial charge in [-0.3, -0.25) is 0 Å². The zero-order chi connectivity index (χ0) is 17.6. The maximum Gasteiger partial charge on any atom is 0.123 e. The van der Waals surface area contributed by atoms with E-state index in [4.69, 9.17) is 15.7 Å². The minimum atomic E-state index is -0.601. The van der Waals surface area contributed by atoms with Crippen LogP contribution in [0, 0.1) is 17.1 Å². The highest BCUT2D eigenvalue weighted by Gasteiger charge is 2.41. The van der Waals surface area contributed by atoms with Crippen molar-refractivity contribution in [3.05, 3.63) is 70.5 Å². The Morgan fingerprint density at radius 1 is 1.21 bits per heavy atom. The molecule has 2 aromatic carbocycles. The molecule has 4 heteroatoms. The Labute approximate surface area is 142 Å². The minimum Gasteiger partial charge on any atom is -0.361 e. The van der Waals surface area contributed by atoms with Crippen molar-refractivity contribution in [1.82, 2.24) is 0 Å². The Bertz CT molecular complexity index is 721. The average Bonchev–Trinajstić information content (AvgIpc) is 3.01. The molecule has 0 bridgehead atoms. The van der Waals surface area contributed by atoms with Gasteiger partial charge in [-0.05, 0) is 60.3 Å². The molecule has 24 heavy (non-hydrogen) atoms. The first-order valence-electron chi connectivity index (χ1n) is 8.33. The molecule has 0 spiro atoms. The first-order chi connectivity index (χ1) is 11.7. The summed E-state index contributed by atoms with van der Waals surface area (Å²) >= 11 is 0. The van der Waals surface area contributed by atoms with Crippen LogP contribution in [-0.4, -0.2) is 6.54 Å². The highest BCUT2D eigenvalue weighted by Crippen LogP contribution is 2.45. The van der Waals surface area contributed by atoms with E-state index in [0.717, 1.165) is 29.5 Å². The molecular formula is C20H23FN2O. The fraction of sp³-hybridized carbons (Fsp3) is 0.350. The van der Waals surface area contributed by atoms with E-state index in [9.17, 15) is 4.39 Å². The van der Waals surface area contributed by atoms with E-state index in [-0.39, 0.29) is 5.82 Å². The number of nitrogens with two attached hydrogens (primary N) is 1. The molecule has 0 amide bonds.